The van der Waals surface area contributed by atoms with Gasteiger partial charge in [-0.2, -0.15) is 0 Å². The minimum Gasteiger partial charge on any atom is -0.460 e. The van der Waals surface area contributed by atoms with E-state index in [-0.39, 0.29) is 18.1 Å². The lowest BCUT2D eigenvalue weighted by Gasteiger charge is -2.26. The molecule has 0 fully saturated rings. The maximum atomic E-state index is 11.8. The molecule has 0 heterocycles. The van der Waals surface area contributed by atoms with Crippen LogP contribution in [0.15, 0.2) is 36.9 Å². The number of carbonyl (C=O) groups excluding carboxylic acids is 3. The number of esters is 1. The highest BCUT2D eigenvalue weighted by atomic mass is 16.5. The SMILES string of the molecule is C=CC(=O)NC(C)(C)c1ccc(C(=O)C(=O)OCC)cc1. The van der Waals surface area contributed by atoms with Crippen LogP contribution >= 0.6 is 0 Å². The average Bonchev–Trinajstić information content (AvgIpc) is 2.46. The van der Waals surface area contributed by atoms with E-state index in [2.05, 4.69) is 16.6 Å². The van der Waals surface area contributed by atoms with Crippen molar-refractivity contribution >= 4 is 17.7 Å². The maximum absolute atomic E-state index is 11.8. The lowest BCUT2D eigenvalue weighted by atomic mass is 9.93. The molecule has 0 saturated heterocycles. The number of carbonyl (C=O) groups is 3. The second-order valence-electron chi connectivity index (χ2n) is 4.95. The number of ketones is 1. The van der Waals surface area contributed by atoms with E-state index in [1.807, 2.05) is 13.8 Å². The third-order valence-corrected chi connectivity index (χ3v) is 2.95. The molecule has 0 unspecified atom stereocenters. The normalized spacial score (nSPS) is 10.6. The van der Waals surface area contributed by atoms with Gasteiger partial charge in [0.25, 0.3) is 5.78 Å². The quantitative estimate of drug-likeness (QED) is 0.376. The summed E-state index contributed by atoms with van der Waals surface area (Å²) in [5.41, 5.74) is 0.442. The van der Waals surface area contributed by atoms with Crippen LogP contribution in [0.3, 0.4) is 0 Å². The Bertz CT molecular complexity index is 558. The van der Waals surface area contributed by atoms with Gasteiger partial charge < -0.3 is 10.1 Å². The molecular formula is C16H19NO4. The van der Waals surface area contributed by atoms with Crippen LogP contribution in [0.4, 0.5) is 0 Å². The van der Waals surface area contributed by atoms with Crippen LogP contribution in [-0.4, -0.2) is 24.3 Å². The average molecular weight is 289 g/mol. The number of nitrogens with one attached hydrogen (secondary N) is 1. The predicted molar refractivity (Wildman–Crippen MR) is 78.8 cm³/mol. The summed E-state index contributed by atoms with van der Waals surface area (Å²) in [6.45, 7) is 8.86. The molecule has 5 nitrogen and oxygen atoms in total. The standard InChI is InChI=1S/C16H19NO4/c1-5-13(18)17-16(3,4)12-9-7-11(8-10-12)14(19)15(20)21-6-2/h5,7-10H,1,6H2,2-4H3,(H,17,18). The minimum atomic E-state index is -0.871. The summed E-state index contributed by atoms with van der Waals surface area (Å²) in [6.07, 6.45) is 1.19. The molecule has 1 rings (SSSR count). The van der Waals surface area contributed by atoms with E-state index in [1.54, 1.807) is 19.1 Å². The summed E-state index contributed by atoms with van der Waals surface area (Å²) in [7, 11) is 0. The number of hydrogen-bond donors (Lipinski definition) is 1. The van der Waals surface area contributed by atoms with Crippen LogP contribution < -0.4 is 5.32 Å². The molecule has 1 amide bonds. The Labute approximate surface area is 124 Å². The Balaban J connectivity index is 2.91. The topological polar surface area (TPSA) is 72.5 Å². The highest BCUT2D eigenvalue weighted by Crippen LogP contribution is 2.20. The fourth-order valence-corrected chi connectivity index (χ4v) is 1.78. The van der Waals surface area contributed by atoms with Crippen molar-refractivity contribution in [1.29, 1.82) is 0 Å². The van der Waals surface area contributed by atoms with Crippen LogP contribution in [0.5, 0.6) is 0 Å². The molecular weight excluding hydrogens is 270 g/mol. The van der Waals surface area contributed by atoms with Crippen molar-refractivity contribution in [3.8, 4) is 0 Å². The summed E-state index contributed by atoms with van der Waals surface area (Å²) in [6, 6.07) is 6.46. The van der Waals surface area contributed by atoms with E-state index in [1.165, 1.54) is 18.2 Å². The Morgan fingerprint density at radius 1 is 1.24 bits per heavy atom. The maximum Gasteiger partial charge on any atom is 0.379 e. The summed E-state index contributed by atoms with van der Waals surface area (Å²) in [5.74, 6) is -1.84. The van der Waals surface area contributed by atoms with Gasteiger partial charge in [0.05, 0.1) is 12.1 Å². The van der Waals surface area contributed by atoms with E-state index >= 15 is 0 Å². The van der Waals surface area contributed by atoms with Crippen molar-refractivity contribution in [3.05, 3.63) is 48.0 Å². The first-order chi connectivity index (χ1) is 9.81. The van der Waals surface area contributed by atoms with Crippen LogP contribution in [-0.2, 0) is 19.9 Å². The Morgan fingerprint density at radius 3 is 2.29 bits per heavy atom. The van der Waals surface area contributed by atoms with E-state index in [0.29, 0.717) is 0 Å². The monoisotopic (exact) mass is 289 g/mol. The lowest BCUT2D eigenvalue weighted by molar-refractivity contribution is -0.137. The number of benzene rings is 1. The fraction of sp³-hybridized carbons (Fsp3) is 0.312. The van der Waals surface area contributed by atoms with E-state index < -0.39 is 17.3 Å². The second-order valence-corrected chi connectivity index (χ2v) is 4.95. The fourth-order valence-electron chi connectivity index (χ4n) is 1.78. The summed E-state index contributed by atoms with van der Waals surface area (Å²) < 4.78 is 4.67. The number of Topliss-reactive ketones (excluding diaryl/α,β-unsaturated/α-hetero) is 1. The summed E-state index contributed by atoms with van der Waals surface area (Å²) in [4.78, 5) is 34.5. The zero-order valence-electron chi connectivity index (χ0n) is 12.4. The highest BCUT2D eigenvalue weighted by Gasteiger charge is 2.23. The predicted octanol–water partition coefficient (Wildman–Crippen LogP) is 1.97. The van der Waals surface area contributed by atoms with Gasteiger partial charge in [0.15, 0.2) is 0 Å². The van der Waals surface area contributed by atoms with Gasteiger partial charge in [0, 0.05) is 5.56 Å². The van der Waals surface area contributed by atoms with Crippen LogP contribution in [0, 0.1) is 0 Å². The van der Waals surface area contributed by atoms with Crippen molar-refractivity contribution in [2.24, 2.45) is 0 Å². The Kier molecular flexibility index (Phi) is 5.41. The first kappa shape index (κ1) is 16.6. The van der Waals surface area contributed by atoms with Crippen LogP contribution in [0.25, 0.3) is 0 Å². The largest absolute Gasteiger partial charge is 0.460 e. The zero-order chi connectivity index (χ0) is 16.0. The Morgan fingerprint density at radius 2 is 1.81 bits per heavy atom. The smallest absolute Gasteiger partial charge is 0.379 e. The molecule has 0 radical (unpaired) electrons. The van der Waals surface area contributed by atoms with Gasteiger partial charge in [-0.15, -0.1) is 0 Å². The second kappa shape index (κ2) is 6.83. The molecule has 0 aromatic heterocycles. The molecule has 112 valence electrons. The Hall–Kier alpha value is -2.43. The van der Waals surface area contributed by atoms with Crippen LogP contribution in [0.2, 0.25) is 0 Å². The molecule has 0 aliphatic heterocycles. The molecule has 1 N–H and O–H groups in total. The summed E-state index contributed by atoms with van der Waals surface area (Å²) >= 11 is 0. The van der Waals surface area contributed by atoms with Crippen molar-refractivity contribution in [2.75, 3.05) is 6.61 Å². The van der Waals surface area contributed by atoms with Crippen molar-refractivity contribution in [2.45, 2.75) is 26.3 Å². The molecule has 5 heteroatoms. The molecule has 0 saturated carbocycles. The molecule has 0 aliphatic rings. The molecule has 0 atom stereocenters. The number of ether oxygens (including phenoxy) is 1. The van der Waals surface area contributed by atoms with Crippen molar-refractivity contribution in [3.63, 3.8) is 0 Å². The van der Waals surface area contributed by atoms with Crippen molar-refractivity contribution in [1.82, 2.24) is 5.32 Å². The molecule has 1 aromatic carbocycles. The number of amides is 1. The molecule has 0 aliphatic carbocycles. The van der Waals surface area contributed by atoms with Gasteiger partial charge in [0.1, 0.15) is 0 Å². The van der Waals surface area contributed by atoms with E-state index in [4.69, 9.17) is 0 Å². The van der Waals surface area contributed by atoms with Gasteiger partial charge >= 0.3 is 5.97 Å². The number of hydrogen-bond acceptors (Lipinski definition) is 4. The van der Waals surface area contributed by atoms with Crippen LogP contribution in [0.1, 0.15) is 36.7 Å². The van der Waals surface area contributed by atoms with Gasteiger partial charge in [0.2, 0.25) is 5.91 Å². The highest BCUT2D eigenvalue weighted by molar-refractivity contribution is 6.40. The molecule has 21 heavy (non-hydrogen) atoms. The molecule has 0 spiro atoms. The molecule has 1 aromatic rings. The van der Waals surface area contributed by atoms with Gasteiger partial charge in [-0.25, -0.2) is 4.79 Å². The van der Waals surface area contributed by atoms with Gasteiger partial charge in [-0.1, -0.05) is 30.8 Å². The zero-order valence-corrected chi connectivity index (χ0v) is 12.4. The third-order valence-electron chi connectivity index (χ3n) is 2.95. The van der Waals surface area contributed by atoms with E-state index in [9.17, 15) is 14.4 Å². The van der Waals surface area contributed by atoms with Crippen molar-refractivity contribution < 1.29 is 19.1 Å². The molecule has 0 bridgehead atoms. The lowest BCUT2D eigenvalue weighted by Crippen LogP contribution is -2.40. The van der Waals surface area contributed by atoms with Gasteiger partial charge in [-0.05, 0) is 32.4 Å². The van der Waals surface area contributed by atoms with E-state index in [0.717, 1.165) is 5.56 Å². The first-order valence-electron chi connectivity index (χ1n) is 6.58. The minimum absolute atomic E-state index is 0.156. The first-order valence-corrected chi connectivity index (χ1v) is 6.58. The number of rotatable bonds is 6. The van der Waals surface area contributed by atoms with Gasteiger partial charge in [-0.3, -0.25) is 9.59 Å². The summed E-state index contributed by atoms with van der Waals surface area (Å²) in [5, 5.41) is 2.78. The third kappa shape index (κ3) is 4.27.